The third-order valence-electron chi connectivity index (χ3n) is 12.9. The lowest BCUT2D eigenvalue weighted by atomic mass is 9.90. The van der Waals surface area contributed by atoms with Crippen LogP contribution in [0.25, 0.3) is 35.1 Å². The highest BCUT2D eigenvalue weighted by molar-refractivity contribution is 5.89. The molecule has 8 aromatic carbocycles. The second kappa shape index (κ2) is 17.6. The van der Waals surface area contributed by atoms with Crippen LogP contribution >= 0.6 is 0 Å². The van der Waals surface area contributed by atoms with Gasteiger partial charge in [-0.15, -0.1) is 0 Å². The summed E-state index contributed by atoms with van der Waals surface area (Å²) in [6.45, 7) is 4.31. The molecule has 10 rings (SSSR count). The largest absolute Gasteiger partial charge is 0.310 e. The number of hydrogen-bond donors (Lipinski definition) is 0. The van der Waals surface area contributed by atoms with E-state index in [-0.39, 0.29) is 0 Å². The molecule has 0 aromatic heterocycles. The minimum Gasteiger partial charge on any atom is -0.310 e. The monoisotopic (exact) mass is 802 g/mol. The summed E-state index contributed by atoms with van der Waals surface area (Å²) in [5.41, 5.74) is 20.7. The van der Waals surface area contributed by atoms with Gasteiger partial charge in [-0.25, -0.2) is 0 Å². The van der Waals surface area contributed by atoms with Crippen LogP contribution < -0.4 is 9.80 Å². The van der Waals surface area contributed by atoms with Gasteiger partial charge < -0.3 is 9.80 Å². The van der Waals surface area contributed by atoms with E-state index in [4.69, 9.17) is 0 Å². The molecule has 0 atom stereocenters. The van der Waals surface area contributed by atoms with Crippen molar-refractivity contribution in [1.29, 1.82) is 0 Å². The Morgan fingerprint density at radius 3 is 1.08 bits per heavy atom. The van der Waals surface area contributed by atoms with Crippen LogP contribution in [0.5, 0.6) is 0 Å². The summed E-state index contributed by atoms with van der Waals surface area (Å²) in [4.78, 5) is 4.88. The Kier molecular flexibility index (Phi) is 11.1. The van der Waals surface area contributed by atoms with Crippen LogP contribution in [-0.4, -0.2) is 0 Å². The molecule has 0 radical (unpaired) electrons. The molecule has 2 aliphatic carbocycles. The van der Waals surface area contributed by atoms with E-state index in [1.165, 1.54) is 139 Å². The fraction of sp³-hybridized carbons (Fsp3) is 0.167. The van der Waals surface area contributed by atoms with Crippen LogP contribution in [-0.2, 0) is 25.7 Å². The quantitative estimate of drug-likeness (QED) is 0.127. The lowest BCUT2D eigenvalue weighted by Gasteiger charge is -2.30. The molecule has 2 heteroatoms. The van der Waals surface area contributed by atoms with E-state index in [0.717, 1.165) is 12.8 Å². The van der Waals surface area contributed by atoms with Crippen LogP contribution in [0, 0.1) is 13.8 Å². The first-order valence-corrected chi connectivity index (χ1v) is 22.6. The summed E-state index contributed by atoms with van der Waals surface area (Å²) < 4.78 is 0. The highest BCUT2D eigenvalue weighted by Gasteiger charge is 2.22. The molecular weight excluding hydrogens is 749 g/mol. The van der Waals surface area contributed by atoms with Gasteiger partial charge >= 0.3 is 0 Å². The van der Waals surface area contributed by atoms with Crippen LogP contribution in [0.15, 0.2) is 170 Å². The van der Waals surface area contributed by atoms with Gasteiger partial charge in [0.05, 0.1) is 0 Å². The molecule has 0 spiro atoms. The van der Waals surface area contributed by atoms with Gasteiger partial charge in [-0.1, -0.05) is 132 Å². The van der Waals surface area contributed by atoms with E-state index in [1.54, 1.807) is 0 Å². The summed E-state index contributed by atoms with van der Waals surface area (Å²) in [6, 6.07) is 63.1. The van der Waals surface area contributed by atoms with Gasteiger partial charge in [0.2, 0.25) is 0 Å². The SMILES string of the molecule is Cc1ccc(N(c2ccc(C=Cc3ccc4cc(C=Cc5ccc(N(c6ccc(C)cc6)c6cccc7c6CCCC7)cc5)ccc4c3)cc2)c2cccc3c2CCCC3)cc1. The molecule has 0 saturated heterocycles. The minimum absolute atomic E-state index is 1.14. The van der Waals surface area contributed by atoms with E-state index in [9.17, 15) is 0 Å². The molecule has 0 N–H and O–H groups in total. The highest BCUT2D eigenvalue weighted by Crippen LogP contribution is 2.42. The zero-order valence-corrected chi connectivity index (χ0v) is 36.0. The second-order valence-electron chi connectivity index (χ2n) is 17.3. The first-order valence-electron chi connectivity index (χ1n) is 22.6. The van der Waals surface area contributed by atoms with Gasteiger partial charge in [-0.05, 0) is 193 Å². The van der Waals surface area contributed by atoms with Crippen molar-refractivity contribution < 1.29 is 0 Å². The zero-order chi connectivity index (χ0) is 41.8. The highest BCUT2D eigenvalue weighted by atomic mass is 15.1. The molecule has 2 aliphatic rings. The summed E-state index contributed by atoms with van der Waals surface area (Å²) in [5, 5.41) is 2.48. The molecule has 304 valence electrons. The van der Waals surface area contributed by atoms with Crippen molar-refractivity contribution in [2.24, 2.45) is 0 Å². The topological polar surface area (TPSA) is 6.48 Å². The van der Waals surface area contributed by atoms with Gasteiger partial charge in [-0.2, -0.15) is 0 Å². The number of nitrogens with zero attached hydrogens (tertiary/aromatic N) is 2. The van der Waals surface area contributed by atoms with Gasteiger partial charge in [0.25, 0.3) is 0 Å². The van der Waals surface area contributed by atoms with Crippen LogP contribution in [0.1, 0.15) is 81.3 Å². The summed E-state index contributed by atoms with van der Waals surface area (Å²) in [7, 11) is 0. The maximum absolute atomic E-state index is 2.44. The molecule has 0 aliphatic heterocycles. The first kappa shape index (κ1) is 39.2. The Hall–Kier alpha value is -6.90. The summed E-state index contributed by atoms with van der Waals surface area (Å²) in [5.74, 6) is 0. The molecule has 62 heavy (non-hydrogen) atoms. The number of anilines is 6. The van der Waals surface area contributed by atoms with E-state index in [1.807, 2.05) is 0 Å². The van der Waals surface area contributed by atoms with Gasteiger partial charge in [0.15, 0.2) is 0 Å². The average molecular weight is 803 g/mol. The smallest absolute Gasteiger partial charge is 0.0496 e. The average Bonchev–Trinajstić information content (AvgIpc) is 3.32. The zero-order valence-electron chi connectivity index (χ0n) is 36.0. The van der Waals surface area contributed by atoms with Gasteiger partial charge in [-0.3, -0.25) is 0 Å². The predicted octanol–water partition coefficient (Wildman–Crippen LogP) is 16.5. The van der Waals surface area contributed by atoms with Gasteiger partial charge in [0.1, 0.15) is 0 Å². The Morgan fingerprint density at radius 2 is 0.677 bits per heavy atom. The molecule has 0 saturated carbocycles. The lowest BCUT2D eigenvalue weighted by Crippen LogP contribution is -2.15. The fourth-order valence-corrected chi connectivity index (χ4v) is 9.53. The summed E-state index contributed by atoms with van der Waals surface area (Å²) >= 11 is 0. The number of rotatable bonds is 10. The predicted molar refractivity (Wildman–Crippen MR) is 267 cm³/mol. The number of hydrogen-bond acceptors (Lipinski definition) is 2. The molecule has 0 unspecified atom stereocenters. The first-order chi connectivity index (χ1) is 30.5. The van der Waals surface area contributed by atoms with Gasteiger partial charge in [0, 0.05) is 34.1 Å². The van der Waals surface area contributed by atoms with Crippen molar-refractivity contribution in [3.05, 3.63) is 225 Å². The third-order valence-corrected chi connectivity index (χ3v) is 12.9. The van der Waals surface area contributed by atoms with Crippen LogP contribution in [0.3, 0.4) is 0 Å². The molecular formula is C60H54N2. The Morgan fingerprint density at radius 1 is 0.339 bits per heavy atom. The molecule has 0 heterocycles. The minimum atomic E-state index is 1.14. The third kappa shape index (κ3) is 8.39. The van der Waals surface area contributed by atoms with Crippen molar-refractivity contribution in [3.63, 3.8) is 0 Å². The van der Waals surface area contributed by atoms with Crippen LogP contribution in [0.2, 0.25) is 0 Å². The Labute approximate surface area is 368 Å². The fourth-order valence-electron chi connectivity index (χ4n) is 9.53. The molecule has 0 bridgehead atoms. The summed E-state index contributed by atoms with van der Waals surface area (Å²) in [6.07, 6.45) is 18.6. The normalized spacial score (nSPS) is 13.6. The Bertz CT molecular complexity index is 2700. The van der Waals surface area contributed by atoms with E-state index < -0.39 is 0 Å². The second-order valence-corrected chi connectivity index (χ2v) is 17.3. The van der Waals surface area contributed by atoms with Crippen LogP contribution in [0.4, 0.5) is 34.1 Å². The maximum Gasteiger partial charge on any atom is 0.0496 e. The number of benzene rings is 8. The molecule has 8 aromatic rings. The van der Waals surface area contributed by atoms with E-state index in [0.29, 0.717) is 0 Å². The lowest BCUT2D eigenvalue weighted by molar-refractivity contribution is 0.686. The van der Waals surface area contributed by atoms with E-state index >= 15 is 0 Å². The van der Waals surface area contributed by atoms with Crippen molar-refractivity contribution in [2.75, 3.05) is 9.80 Å². The van der Waals surface area contributed by atoms with Crippen molar-refractivity contribution >= 4 is 69.2 Å². The van der Waals surface area contributed by atoms with Crippen molar-refractivity contribution in [3.8, 4) is 0 Å². The van der Waals surface area contributed by atoms with Crippen molar-refractivity contribution in [1.82, 2.24) is 0 Å². The number of aryl methyl sites for hydroxylation is 4. The molecule has 0 fully saturated rings. The number of fused-ring (bicyclic) bond motifs is 3. The van der Waals surface area contributed by atoms with Crippen molar-refractivity contribution in [2.45, 2.75) is 65.2 Å². The van der Waals surface area contributed by atoms with E-state index in [2.05, 4.69) is 218 Å². The standard InChI is InChI=1S/C60H54N2/c1-43-17-33-53(34-18-43)61(59-15-7-11-49-9-3-5-13-57(49)59)55-37-27-45(28-38-55)21-23-47-25-31-52-42-48(26-32-51(52)41-47)24-22-46-29-39-56(40-30-46)62(54-35-19-44(2)20-36-54)60-16-8-12-50-10-4-6-14-58(50)60/h7-8,11-12,15-42H,3-6,9-10,13-14H2,1-2H3. The molecule has 2 nitrogen and oxygen atoms in total. The molecule has 0 amide bonds. The maximum atomic E-state index is 2.44. The Balaban J connectivity index is 0.845.